The fourth-order valence-electron chi connectivity index (χ4n) is 1.80. The van der Waals surface area contributed by atoms with E-state index in [9.17, 15) is 4.79 Å². The van der Waals surface area contributed by atoms with Gasteiger partial charge in [-0.2, -0.15) is 0 Å². The van der Waals surface area contributed by atoms with Gasteiger partial charge in [-0.15, -0.1) is 0 Å². The third-order valence-electron chi connectivity index (χ3n) is 3.16. The molecular weight excluding hydrogens is 204 g/mol. The molecule has 1 fully saturated rings. The predicted octanol–water partition coefficient (Wildman–Crippen LogP) is 2.18. The monoisotopic (exact) mass is 220 g/mol. The molecule has 4 N–H and O–H groups in total. The molecule has 0 amide bonds. The first-order valence-corrected chi connectivity index (χ1v) is 5.30. The lowest BCUT2D eigenvalue weighted by molar-refractivity contribution is 0.0698. The van der Waals surface area contributed by atoms with Crippen LogP contribution in [0.3, 0.4) is 0 Å². The summed E-state index contributed by atoms with van der Waals surface area (Å²) in [5.74, 6) is -0.951. The Morgan fingerprint density at radius 3 is 2.69 bits per heavy atom. The van der Waals surface area contributed by atoms with Crippen LogP contribution in [0.4, 0.5) is 11.4 Å². The number of aromatic carboxylic acids is 1. The van der Waals surface area contributed by atoms with Crippen molar-refractivity contribution >= 4 is 17.3 Å². The molecule has 0 aromatic heterocycles. The van der Waals surface area contributed by atoms with Crippen molar-refractivity contribution in [3.63, 3.8) is 0 Å². The zero-order valence-corrected chi connectivity index (χ0v) is 9.45. The first-order valence-electron chi connectivity index (χ1n) is 5.30. The van der Waals surface area contributed by atoms with Crippen molar-refractivity contribution < 1.29 is 9.90 Å². The van der Waals surface area contributed by atoms with E-state index >= 15 is 0 Å². The zero-order chi connectivity index (χ0) is 11.9. The lowest BCUT2D eigenvalue weighted by Crippen LogP contribution is -2.13. The predicted molar refractivity (Wildman–Crippen MR) is 63.6 cm³/mol. The van der Waals surface area contributed by atoms with Crippen LogP contribution >= 0.6 is 0 Å². The minimum absolute atomic E-state index is 0.234. The van der Waals surface area contributed by atoms with Crippen molar-refractivity contribution in [1.82, 2.24) is 0 Å². The van der Waals surface area contributed by atoms with Crippen molar-refractivity contribution in [1.29, 1.82) is 0 Å². The summed E-state index contributed by atoms with van der Waals surface area (Å²) in [5, 5.41) is 12.3. The maximum Gasteiger partial charge on any atom is 0.337 e. The van der Waals surface area contributed by atoms with E-state index in [0.717, 1.165) is 6.42 Å². The summed E-state index contributed by atoms with van der Waals surface area (Å²) in [5.41, 5.74) is 7.31. The van der Waals surface area contributed by atoms with Gasteiger partial charge in [0, 0.05) is 6.04 Å². The van der Waals surface area contributed by atoms with Gasteiger partial charge in [0.05, 0.1) is 16.9 Å². The number of nitrogens with one attached hydrogen (secondary N) is 1. The molecule has 1 unspecified atom stereocenters. The molecule has 86 valence electrons. The minimum atomic E-state index is -0.951. The van der Waals surface area contributed by atoms with Crippen LogP contribution in [0.1, 0.15) is 30.6 Å². The van der Waals surface area contributed by atoms with Crippen LogP contribution in [0.25, 0.3) is 0 Å². The average Bonchev–Trinajstić information content (AvgIpc) is 2.77. The third kappa shape index (κ3) is 1.83. The Morgan fingerprint density at radius 2 is 2.19 bits per heavy atom. The highest BCUT2D eigenvalue weighted by molar-refractivity contribution is 5.97. The van der Waals surface area contributed by atoms with Crippen LogP contribution in [0.2, 0.25) is 0 Å². The number of nitrogens with two attached hydrogens (primary N) is 1. The SMILES string of the molecule is CC1(C)CC1Nc1c(N)cccc1C(=O)O. The molecule has 0 radical (unpaired) electrons. The normalized spacial score (nSPS) is 21.5. The summed E-state index contributed by atoms with van der Waals surface area (Å²) in [6.45, 7) is 4.29. The van der Waals surface area contributed by atoms with Crippen LogP contribution in [0.15, 0.2) is 18.2 Å². The fourth-order valence-corrected chi connectivity index (χ4v) is 1.80. The molecule has 0 spiro atoms. The Hall–Kier alpha value is -1.71. The maximum atomic E-state index is 11.0. The summed E-state index contributed by atoms with van der Waals surface area (Å²) < 4.78 is 0. The topological polar surface area (TPSA) is 75.3 Å². The number of anilines is 2. The van der Waals surface area contributed by atoms with Gasteiger partial charge < -0.3 is 16.2 Å². The standard InChI is InChI=1S/C12H16N2O2/c1-12(2)6-9(12)14-10-7(11(15)16)4-3-5-8(10)13/h3-5,9,14H,6,13H2,1-2H3,(H,15,16). The van der Waals surface area contributed by atoms with Gasteiger partial charge in [-0.05, 0) is 24.0 Å². The van der Waals surface area contributed by atoms with E-state index in [0.29, 0.717) is 17.4 Å². The van der Waals surface area contributed by atoms with Crippen molar-refractivity contribution in [3.05, 3.63) is 23.8 Å². The van der Waals surface area contributed by atoms with E-state index in [1.807, 2.05) is 0 Å². The van der Waals surface area contributed by atoms with Crippen LogP contribution in [-0.2, 0) is 0 Å². The second-order valence-electron chi connectivity index (χ2n) is 4.96. The molecular formula is C12H16N2O2. The van der Waals surface area contributed by atoms with E-state index in [1.54, 1.807) is 18.2 Å². The quantitative estimate of drug-likeness (QED) is 0.682. The zero-order valence-electron chi connectivity index (χ0n) is 9.45. The van der Waals surface area contributed by atoms with Crippen LogP contribution in [0.5, 0.6) is 0 Å². The second kappa shape index (κ2) is 3.40. The molecule has 4 heteroatoms. The van der Waals surface area contributed by atoms with Gasteiger partial charge in [0.15, 0.2) is 0 Å². The molecule has 1 aromatic rings. The summed E-state index contributed by atoms with van der Waals surface area (Å²) in [6.07, 6.45) is 1.04. The second-order valence-corrected chi connectivity index (χ2v) is 4.96. The van der Waals surface area contributed by atoms with Crippen molar-refractivity contribution in [2.75, 3.05) is 11.1 Å². The first kappa shape index (κ1) is 10.8. The maximum absolute atomic E-state index is 11.0. The molecule has 1 atom stereocenters. The Bertz CT molecular complexity index is 441. The molecule has 1 aromatic carbocycles. The third-order valence-corrected chi connectivity index (χ3v) is 3.16. The van der Waals surface area contributed by atoms with Gasteiger partial charge in [0.25, 0.3) is 0 Å². The summed E-state index contributed by atoms with van der Waals surface area (Å²) in [4.78, 5) is 11.0. The summed E-state index contributed by atoms with van der Waals surface area (Å²) in [6, 6.07) is 5.25. The number of para-hydroxylation sites is 1. The van der Waals surface area contributed by atoms with E-state index in [1.165, 1.54) is 0 Å². The number of hydrogen-bond acceptors (Lipinski definition) is 3. The molecule has 16 heavy (non-hydrogen) atoms. The minimum Gasteiger partial charge on any atom is -0.478 e. The number of hydrogen-bond donors (Lipinski definition) is 3. The van der Waals surface area contributed by atoms with Gasteiger partial charge in [0.1, 0.15) is 0 Å². The van der Waals surface area contributed by atoms with E-state index < -0.39 is 5.97 Å². The van der Waals surface area contributed by atoms with Crippen molar-refractivity contribution in [2.45, 2.75) is 26.3 Å². The number of nitrogen functional groups attached to an aromatic ring is 1. The fraction of sp³-hybridized carbons (Fsp3) is 0.417. The molecule has 1 saturated carbocycles. The first-order chi connectivity index (χ1) is 7.42. The Kier molecular flexibility index (Phi) is 2.30. The van der Waals surface area contributed by atoms with Crippen molar-refractivity contribution in [3.8, 4) is 0 Å². The van der Waals surface area contributed by atoms with Crippen LogP contribution in [-0.4, -0.2) is 17.1 Å². The largest absolute Gasteiger partial charge is 0.478 e. The Balaban J connectivity index is 2.29. The average molecular weight is 220 g/mol. The highest BCUT2D eigenvalue weighted by Gasteiger charge is 2.46. The van der Waals surface area contributed by atoms with E-state index in [-0.39, 0.29) is 11.0 Å². The number of carboxylic acid groups (broad SMARTS) is 1. The number of rotatable bonds is 3. The molecule has 4 nitrogen and oxygen atoms in total. The van der Waals surface area contributed by atoms with Gasteiger partial charge in [-0.1, -0.05) is 19.9 Å². The molecule has 0 saturated heterocycles. The molecule has 0 aliphatic heterocycles. The highest BCUT2D eigenvalue weighted by Crippen LogP contribution is 2.47. The Labute approximate surface area is 94.5 Å². The van der Waals surface area contributed by atoms with Crippen LogP contribution < -0.4 is 11.1 Å². The lowest BCUT2D eigenvalue weighted by Gasteiger charge is -2.13. The van der Waals surface area contributed by atoms with E-state index in [2.05, 4.69) is 19.2 Å². The van der Waals surface area contributed by atoms with Gasteiger partial charge >= 0.3 is 5.97 Å². The van der Waals surface area contributed by atoms with Crippen molar-refractivity contribution in [2.24, 2.45) is 5.41 Å². The van der Waals surface area contributed by atoms with Crippen LogP contribution in [0, 0.1) is 5.41 Å². The highest BCUT2D eigenvalue weighted by atomic mass is 16.4. The molecule has 0 bridgehead atoms. The number of benzene rings is 1. The molecule has 1 aliphatic rings. The lowest BCUT2D eigenvalue weighted by atomic mass is 10.1. The summed E-state index contributed by atoms with van der Waals surface area (Å²) in [7, 11) is 0. The van der Waals surface area contributed by atoms with E-state index in [4.69, 9.17) is 10.8 Å². The summed E-state index contributed by atoms with van der Waals surface area (Å²) >= 11 is 0. The molecule has 2 rings (SSSR count). The smallest absolute Gasteiger partial charge is 0.337 e. The number of carboxylic acids is 1. The number of carbonyl (C=O) groups is 1. The van der Waals surface area contributed by atoms with Gasteiger partial charge in [0.2, 0.25) is 0 Å². The van der Waals surface area contributed by atoms with Gasteiger partial charge in [-0.25, -0.2) is 4.79 Å². The molecule has 1 aliphatic carbocycles. The Morgan fingerprint density at radius 1 is 1.56 bits per heavy atom. The molecule has 0 heterocycles. The van der Waals surface area contributed by atoms with Gasteiger partial charge in [-0.3, -0.25) is 0 Å².